The lowest BCUT2D eigenvalue weighted by atomic mass is 10.0. The third-order valence-electron chi connectivity index (χ3n) is 4.43. The summed E-state index contributed by atoms with van der Waals surface area (Å²) in [6.07, 6.45) is 0.593. The van der Waals surface area contributed by atoms with Gasteiger partial charge in [0.1, 0.15) is 5.92 Å². The van der Waals surface area contributed by atoms with E-state index in [4.69, 9.17) is 0 Å². The summed E-state index contributed by atoms with van der Waals surface area (Å²) in [6.45, 7) is 4.89. The summed E-state index contributed by atoms with van der Waals surface area (Å²) in [4.78, 5) is 29.0. The Balaban J connectivity index is 1.76. The molecule has 1 N–H and O–H groups in total. The number of anilines is 1. The molecule has 0 aliphatic carbocycles. The molecule has 118 valence electrons. The van der Waals surface area contributed by atoms with E-state index in [1.165, 1.54) is 0 Å². The predicted octanol–water partition coefficient (Wildman–Crippen LogP) is 1.62. The molecular formula is C16H20BrN3O2. The smallest absolute Gasteiger partial charge is 0.239 e. The van der Waals surface area contributed by atoms with E-state index in [0.717, 1.165) is 23.2 Å². The number of amides is 2. The van der Waals surface area contributed by atoms with Crippen molar-refractivity contribution in [1.82, 2.24) is 10.2 Å². The highest BCUT2D eigenvalue weighted by Gasteiger charge is 2.41. The molecule has 1 aromatic carbocycles. The summed E-state index contributed by atoms with van der Waals surface area (Å²) in [5.74, 6) is -0.635. The lowest BCUT2D eigenvalue weighted by Crippen LogP contribution is -2.54. The van der Waals surface area contributed by atoms with Crippen LogP contribution in [0.2, 0.25) is 0 Å². The predicted molar refractivity (Wildman–Crippen MR) is 88.6 cm³/mol. The summed E-state index contributed by atoms with van der Waals surface area (Å²) in [6, 6.07) is 7.78. The van der Waals surface area contributed by atoms with Crippen LogP contribution in [0.3, 0.4) is 0 Å². The van der Waals surface area contributed by atoms with Crippen LogP contribution < -0.4 is 10.2 Å². The number of rotatable bonds is 2. The Morgan fingerprint density at radius 2 is 2.09 bits per heavy atom. The summed E-state index contributed by atoms with van der Waals surface area (Å²) in [5.41, 5.74) is 0.844. The SMILES string of the molecule is C[C@H]1CNCCN1C(=O)[C@@H]1CCN(c2ccccc2Br)C1=O. The number of para-hydroxylation sites is 1. The van der Waals surface area contributed by atoms with Crippen molar-refractivity contribution in [2.45, 2.75) is 19.4 Å². The van der Waals surface area contributed by atoms with Gasteiger partial charge in [-0.3, -0.25) is 9.59 Å². The number of benzene rings is 1. The number of hydrogen-bond acceptors (Lipinski definition) is 3. The molecule has 0 unspecified atom stereocenters. The number of carbonyl (C=O) groups is 2. The number of piperazine rings is 1. The molecule has 2 heterocycles. The molecule has 1 aromatic rings. The lowest BCUT2D eigenvalue weighted by molar-refractivity contribution is -0.142. The van der Waals surface area contributed by atoms with Gasteiger partial charge in [0.2, 0.25) is 11.8 Å². The molecule has 0 aromatic heterocycles. The minimum absolute atomic E-state index is 0.0199. The maximum atomic E-state index is 12.7. The Labute approximate surface area is 138 Å². The normalized spacial score (nSPS) is 25.6. The average molecular weight is 366 g/mol. The minimum Gasteiger partial charge on any atom is -0.337 e. The van der Waals surface area contributed by atoms with Gasteiger partial charge in [-0.2, -0.15) is 0 Å². The molecule has 0 radical (unpaired) electrons. The van der Waals surface area contributed by atoms with Crippen LogP contribution in [0, 0.1) is 5.92 Å². The van der Waals surface area contributed by atoms with E-state index in [1.54, 1.807) is 4.90 Å². The number of carbonyl (C=O) groups excluding carboxylic acids is 2. The van der Waals surface area contributed by atoms with Gasteiger partial charge in [-0.05, 0) is 41.4 Å². The maximum Gasteiger partial charge on any atom is 0.239 e. The first-order valence-corrected chi connectivity index (χ1v) is 8.46. The van der Waals surface area contributed by atoms with Crippen LogP contribution in [0.25, 0.3) is 0 Å². The number of nitrogens with zero attached hydrogens (tertiary/aromatic N) is 2. The molecule has 2 aliphatic rings. The zero-order chi connectivity index (χ0) is 15.7. The molecule has 0 bridgehead atoms. The van der Waals surface area contributed by atoms with Crippen molar-refractivity contribution >= 4 is 33.4 Å². The molecule has 5 nitrogen and oxygen atoms in total. The van der Waals surface area contributed by atoms with E-state index in [0.29, 0.717) is 19.5 Å². The van der Waals surface area contributed by atoms with Crippen molar-refractivity contribution in [1.29, 1.82) is 0 Å². The number of halogens is 1. The van der Waals surface area contributed by atoms with Gasteiger partial charge in [-0.1, -0.05) is 12.1 Å². The van der Waals surface area contributed by atoms with Crippen molar-refractivity contribution in [3.05, 3.63) is 28.7 Å². The van der Waals surface area contributed by atoms with E-state index in [2.05, 4.69) is 21.2 Å². The third-order valence-corrected chi connectivity index (χ3v) is 5.10. The van der Waals surface area contributed by atoms with Crippen molar-refractivity contribution < 1.29 is 9.59 Å². The molecule has 2 fully saturated rings. The highest BCUT2D eigenvalue weighted by Crippen LogP contribution is 2.32. The van der Waals surface area contributed by atoms with Gasteiger partial charge >= 0.3 is 0 Å². The van der Waals surface area contributed by atoms with E-state index < -0.39 is 5.92 Å². The summed E-state index contributed by atoms with van der Waals surface area (Å²) in [7, 11) is 0. The summed E-state index contributed by atoms with van der Waals surface area (Å²) >= 11 is 3.48. The minimum atomic E-state index is -0.535. The Hall–Kier alpha value is -1.40. The van der Waals surface area contributed by atoms with Crippen LogP contribution in [0.4, 0.5) is 5.69 Å². The van der Waals surface area contributed by atoms with E-state index in [1.807, 2.05) is 36.1 Å². The fraction of sp³-hybridized carbons (Fsp3) is 0.500. The van der Waals surface area contributed by atoms with Gasteiger partial charge in [0, 0.05) is 36.7 Å². The molecule has 0 spiro atoms. The molecule has 2 saturated heterocycles. The zero-order valence-corrected chi connectivity index (χ0v) is 14.2. The molecule has 6 heteroatoms. The van der Waals surface area contributed by atoms with Crippen LogP contribution in [0.5, 0.6) is 0 Å². The van der Waals surface area contributed by atoms with Crippen molar-refractivity contribution in [3.63, 3.8) is 0 Å². The Kier molecular flexibility index (Phi) is 4.49. The van der Waals surface area contributed by atoms with Gasteiger partial charge in [-0.15, -0.1) is 0 Å². The fourth-order valence-electron chi connectivity index (χ4n) is 3.19. The quantitative estimate of drug-likeness (QED) is 0.810. The van der Waals surface area contributed by atoms with Crippen LogP contribution in [-0.2, 0) is 9.59 Å². The van der Waals surface area contributed by atoms with Gasteiger partial charge in [0.05, 0.1) is 5.69 Å². The van der Waals surface area contributed by atoms with E-state index in [-0.39, 0.29) is 17.9 Å². The fourth-order valence-corrected chi connectivity index (χ4v) is 3.69. The lowest BCUT2D eigenvalue weighted by Gasteiger charge is -2.35. The Morgan fingerprint density at radius 3 is 2.82 bits per heavy atom. The zero-order valence-electron chi connectivity index (χ0n) is 12.6. The first kappa shape index (κ1) is 15.5. The van der Waals surface area contributed by atoms with E-state index >= 15 is 0 Å². The Bertz CT molecular complexity index is 593. The highest BCUT2D eigenvalue weighted by molar-refractivity contribution is 9.10. The average Bonchev–Trinajstić information content (AvgIpc) is 2.89. The number of hydrogen-bond donors (Lipinski definition) is 1. The second-order valence-electron chi connectivity index (χ2n) is 5.87. The largest absolute Gasteiger partial charge is 0.337 e. The van der Waals surface area contributed by atoms with Crippen molar-refractivity contribution in [3.8, 4) is 0 Å². The van der Waals surface area contributed by atoms with Gasteiger partial charge in [0.25, 0.3) is 0 Å². The van der Waals surface area contributed by atoms with Crippen LogP contribution in [0.1, 0.15) is 13.3 Å². The topological polar surface area (TPSA) is 52.7 Å². The third kappa shape index (κ3) is 2.77. The van der Waals surface area contributed by atoms with Gasteiger partial charge in [0.15, 0.2) is 0 Å². The molecule has 3 rings (SSSR count). The Morgan fingerprint density at radius 1 is 1.32 bits per heavy atom. The summed E-state index contributed by atoms with van der Waals surface area (Å²) in [5, 5.41) is 3.27. The second-order valence-corrected chi connectivity index (χ2v) is 6.72. The highest BCUT2D eigenvalue weighted by atomic mass is 79.9. The molecule has 2 aliphatic heterocycles. The number of nitrogens with one attached hydrogen (secondary N) is 1. The van der Waals surface area contributed by atoms with Crippen LogP contribution in [-0.4, -0.2) is 48.9 Å². The second kappa shape index (κ2) is 6.38. The molecular weight excluding hydrogens is 346 g/mol. The maximum absolute atomic E-state index is 12.7. The van der Waals surface area contributed by atoms with Gasteiger partial charge in [-0.25, -0.2) is 0 Å². The van der Waals surface area contributed by atoms with Gasteiger partial charge < -0.3 is 15.1 Å². The standard InChI is InChI=1S/C16H20BrN3O2/c1-11-10-18-7-9-19(11)15(21)12-6-8-20(16(12)22)14-5-3-2-4-13(14)17/h2-5,11-12,18H,6-10H2,1H3/t11-,12-/m0/s1. The first-order valence-electron chi connectivity index (χ1n) is 7.66. The van der Waals surface area contributed by atoms with Crippen LogP contribution in [0.15, 0.2) is 28.7 Å². The molecule has 2 amide bonds. The van der Waals surface area contributed by atoms with Crippen molar-refractivity contribution in [2.24, 2.45) is 5.92 Å². The summed E-state index contributed by atoms with van der Waals surface area (Å²) < 4.78 is 0.881. The van der Waals surface area contributed by atoms with E-state index in [9.17, 15) is 9.59 Å². The molecule has 22 heavy (non-hydrogen) atoms. The molecule has 2 atom stereocenters. The van der Waals surface area contributed by atoms with Crippen LogP contribution >= 0.6 is 15.9 Å². The molecule has 0 saturated carbocycles. The monoisotopic (exact) mass is 365 g/mol. The first-order chi connectivity index (χ1) is 10.6. The van der Waals surface area contributed by atoms with Crippen molar-refractivity contribution in [2.75, 3.05) is 31.1 Å².